The van der Waals surface area contributed by atoms with Crippen molar-refractivity contribution in [2.45, 2.75) is 6.42 Å². The van der Waals surface area contributed by atoms with Gasteiger partial charge in [0, 0.05) is 6.20 Å². The highest BCUT2D eigenvalue weighted by atomic mass is 16.4. The molecule has 0 aliphatic heterocycles. The van der Waals surface area contributed by atoms with Crippen molar-refractivity contribution in [3.05, 3.63) is 18.3 Å². The summed E-state index contributed by atoms with van der Waals surface area (Å²) in [5, 5.41) is 18.4. The number of aliphatic carboxylic acids is 1. The smallest absolute Gasteiger partial charge is 0.307 e. The Bertz CT molecular complexity index is 393. The first-order valence-corrected chi connectivity index (χ1v) is 4.50. The zero-order valence-corrected chi connectivity index (χ0v) is 7.75. The van der Waals surface area contributed by atoms with Gasteiger partial charge in [-0.15, -0.1) is 5.10 Å². The van der Waals surface area contributed by atoms with Crippen LogP contribution in [0, 0.1) is 11.8 Å². The van der Waals surface area contributed by atoms with Crippen molar-refractivity contribution >= 4 is 17.7 Å². The van der Waals surface area contributed by atoms with Gasteiger partial charge < -0.3 is 10.4 Å². The van der Waals surface area contributed by atoms with Crippen molar-refractivity contribution in [2.75, 3.05) is 5.32 Å². The number of carbonyl (C=O) groups is 2. The van der Waals surface area contributed by atoms with Gasteiger partial charge in [-0.1, -0.05) is 0 Å². The average molecular weight is 207 g/mol. The number of anilines is 1. The van der Waals surface area contributed by atoms with Crippen LogP contribution < -0.4 is 5.32 Å². The van der Waals surface area contributed by atoms with Crippen molar-refractivity contribution in [2.24, 2.45) is 11.8 Å². The molecule has 1 heterocycles. The lowest BCUT2D eigenvalue weighted by molar-refractivity contribution is -0.139. The molecule has 2 atom stereocenters. The second-order valence-corrected chi connectivity index (χ2v) is 3.39. The van der Waals surface area contributed by atoms with Crippen LogP contribution in [-0.4, -0.2) is 27.2 Å². The molecule has 2 rings (SSSR count). The van der Waals surface area contributed by atoms with Gasteiger partial charge in [-0.25, -0.2) is 0 Å². The number of hydrogen-bond donors (Lipinski definition) is 2. The van der Waals surface area contributed by atoms with Crippen LogP contribution >= 0.6 is 0 Å². The van der Waals surface area contributed by atoms with Crippen LogP contribution in [-0.2, 0) is 9.59 Å². The van der Waals surface area contributed by atoms with Crippen LogP contribution in [0.5, 0.6) is 0 Å². The molecule has 0 aromatic carbocycles. The first-order chi connectivity index (χ1) is 7.18. The van der Waals surface area contributed by atoms with Gasteiger partial charge in [0.05, 0.1) is 11.8 Å². The highest BCUT2D eigenvalue weighted by Crippen LogP contribution is 2.39. The first-order valence-electron chi connectivity index (χ1n) is 4.50. The van der Waals surface area contributed by atoms with Crippen LogP contribution in [0.25, 0.3) is 0 Å². The second-order valence-electron chi connectivity index (χ2n) is 3.39. The number of rotatable bonds is 3. The Morgan fingerprint density at radius 3 is 2.80 bits per heavy atom. The van der Waals surface area contributed by atoms with Gasteiger partial charge in [-0.3, -0.25) is 9.59 Å². The molecule has 1 saturated carbocycles. The Morgan fingerprint density at radius 1 is 1.47 bits per heavy atom. The van der Waals surface area contributed by atoms with Crippen LogP contribution in [0.3, 0.4) is 0 Å². The van der Waals surface area contributed by atoms with Gasteiger partial charge in [0.1, 0.15) is 0 Å². The van der Waals surface area contributed by atoms with Gasteiger partial charge >= 0.3 is 5.97 Å². The van der Waals surface area contributed by atoms with E-state index in [1.165, 1.54) is 6.20 Å². The molecular formula is C9H9N3O3. The lowest BCUT2D eigenvalue weighted by Gasteiger charge is -2.00. The van der Waals surface area contributed by atoms with Gasteiger partial charge in [0.25, 0.3) is 0 Å². The maximum absolute atomic E-state index is 11.4. The van der Waals surface area contributed by atoms with E-state index >= 15 is 0 Å². The fourth-order valence-electron chi connectivity index (χ4n) is 1.34. The van der Waals surface area contributed by atoms with Gasteiger partial charge in [0.15, 0.2) is 5.82 Å². The summed E-state index contributed by atoms with van der Waals surface area (Å²) >= 11 is 0. The number of carbonyl (C=O) groups excluding carboxylic acids is 1. The molecule has 6 heteroatoms. The normalized spacial score (nSPS) is 23.2. The minimum Gasteiger partial charge on any atom is -0.481 e. The summed E-state index contributed by atoms with van der Waals surface area (Å²) in [7, 11) is 0. The molecule has 15 heavy (non-hydrogen) atoms. The van der Waals surface area contributed by atoms with E-state index < -0.39 is 17.8 Å². The number of hydrogen-bond acceptors (Lipinski definition) is 4. The Morgan fingerprint density at radius 2 is 2.27 bits per heavy atom. The van der Waals surface area contributed by atoms with E-state index in [0.717, 1.165) is 0 Å². The van der Waals surface area contributed by atoms with Gasteiger partial charge in [-0.2, -0.15) is 5.10 Å². The summed E-state index contributed by atoms with van der Waals surface area (Å²) in [6.07, 6.45) is 1.90. The topological polar surface area (TPSA) is 92.2 Å². The SMILES string of the molecule is O=C(O)[C@H]1C[C@H]1C(=O)Nc1cccnn1. The van der Waals surface area contributed by atoms with Crippen molar-refractivity contribution in [3.63, 3.8) is 0 Å². The van der Waals surface area contributed by atoms with E-state index in [4.69, 9.17) is 5.11 Å². The lowest BCUT2D eigenvalue weighted by Crippen LogP contribution is -2.17. The zero-order chi connectivity index (χ0) is 10.8. The minimum atomic E-state index is -0.922. The summed E-state index contributed by atoms with van der Waals surface area (Å²) in [5.41, 5.74) is 0. The molecular weight excluding hydrogens is 198 g/mol. The van der Waals surface area contributed by atoms with Crippen molar-refractivity contribution in [1.82, 2.24) is 10.2 Å². The third-order valence-corrected chi connectivity index (χ3v) is 2.27. The number of nitrogens with zero attached hydrogens (tertiary/aromatic N) is 2. The Balaban J connectivity index is 1.92. The van der Waals surface area contributed by atoms with Gasteiger partial charge in [-0.05, 0) is 18.6 Å². The van der Waals surface area contributed by atoms with Crippen molar-refractivity contribution < 1.29 is 14.7 Å². The standard InChI is InChI=1S/C9H9N3O3/c13-8(5-4-6(5)9(14)15)11-7-2-1-3-10-12-7/h1-3,5-6H,4H2,(H,14,15)(H,11,12,13)/t5-,6+/m1/s1. The molecule has 1 aromatic heterocycles. The summed E-state index contributed by atoms with van der Waals surface area (Å²) in [6, 6.07) is 3.24. The molecule has 1 amide bonds. The summed E-state index contributed by atoms with van der Waals surface area (Å²) in [5.74, 6) is -1.85. The van der Waals surface area contributed by atoms with Crippen LogP contribution in [0.15, 0.2) is 18.3 Å². The van der Waals surface area contributed by atoms with E-state index in [1.807, 2.05) is 0 Å². The number of carboxylic acid groups (broad SMARTS) is 1. The molecule has 0 radical (unpaired) electrons. The molecule has 6 nitrogen and oxygen atoms in total. The Labute approximate surface area is 85.3 Å². The molecule has 0 spiro atoms. The molecule has 0 saturated heterocycles. The fraction of sp³-hybridized carbons (Fsp3) is 0.333. The third-order valence-electron chi connectivity index (χ3n) is 2.27. The molecule has 1 aliphatic rings. The van der Waals surface area contributed by atoms with E-state index in [-0.39, 0.29) is 5.91 Å². The van der Waals surface area contributed by atoms with E-state index in [0.29, 0.717) is 12.2 Å². The zero-order valence-electron chi connectivity index (χ0n) is 7.75. The molecule has 78 valence electrons. The number of amides is 1. The molecule has 0 unspecified atom stereocenters. The van der Waals surface area contributed by atoms with E-state index in [9.17, 15) is 9.59 Å². The summed E-state index contributed by atoms with van der Waals surface area (Å²) < 4.78 is 0. The van der Waals surface area contributed by atoms with Crippen molar-refractivity contribution in [1.29, 1.82) is 0 Å². The van der Waals surface area contributed by atoms with E-state index in [2.05, 4.69) is 15.5 Å². The monoisotopic (exact) mass is 207 g/mol. The Kier molecular flexibility index (Phi) is 2.32. The Hall–Kier alpha value is -1.98. The molecule has 0 bridgehead atoms. The van der Waals surface area contributed by atoms with Crippen LogP contribution in [0.1, 0.15) is 6.42 Å². The van der Waals surface area contributed by atoms with Gasteiger partial charge in [0.2, 0.25) is 5.91 Å². The maximum atomic E-state index is 11.4. The number of nitrogens with one attached hydrogen (secondary N) is 1. The van der Waals surface area contributed by atoms with Crippen LogP contribution in [0.2, 0.25) is 0 Å². The number of carboxylic acids is 1. The quantitative estimate of drug-likeness (QED) is 0.735. The highest BCUT2D eigenvalue weighted by Gasteiger charge is 2.48. The molecule has 1 aromatic rings. The van der Waals surface area contributed by atoms with Crippen LogP contribution in [0.4, 0.5) is 5.82 Å². The first kappa shape index (κ1) is 9.57. The average Bonchev–Trinajstić information content (AvgIpc) is 2.98. The largest absolute Gasteiger partial charge is 0.481 e. The van der Waals surface area contributed by atoms with Crippen molar-refractivity contribution in [3.8, 4) is 0 Å². The number of aromatic nitrogens is 2. The predicted molar refractivity (Wildman–Crippen MR) is 49.9 cm³/mol. The van der Waals surface area contributed by atoms with E-state index in [1.54, 1.807) is 12.1 Å². The molecule has 1 aliphatic carbocycles. The molecule has 1 fully saturated rings. The molecule has 2 N–H and O–H groups in total. The fourth-order valence-corrected chi connectivity index (χ4v) is 1.34. The highest BCUT2D eigenvalue weighted by molar-refractivity contribution is 5.97. The summed E-state index contributed by atoms with van der Waals surface area (Å²) in [6.45, 7) is 0. The summed E-state index contributed by atoms with van der Waals surface area (Å²) in [4.78, 5) is 22.0. The predicted octanol–water partition coefficient (Wildman–Crippen LogP) is 0.136. The third kappa shape index (κ3) is 2.09. The minimum absolute atomic E-state index is 0.303. The second kappa shape index (κ2) is 3.64. The maximum Gasteiger partial charge on any atom is 0.307 e. The lowest BCUT2D eigenvalue weighted by atomic mass is 10.3.